The molecule has 98 valence electrons. The van der Waals surface area contributed by atoms with E-state index in [1.807, 2.05) is 19.1 Å². The molecule has 0 heterocycles. The summed E-state index contributed by atoms with van der Waals surface area (Å²) in [6.45, 7) is 2.00. The smallest absolute Gasteiger partial charge is 0.194 e. The number of hydrogen-bond acceptors (Lipinski definition) is 1. The largest absolute Gasteiger partial charge is 0.289 e. The second-order valence-corrected chi connectivity index (χ2v) is 4.53. The summed E-state index contributed by atoms with van der Waals surface area (Å²) in [6.07, 6.45) is 0.862. The Labute approximate surface area is 114 Å². The van der Waals surface area contributed by atoms with Crippen molar-refractivity contribution in [1.82, 2.24) is 0 Å². The average Bonchev–Trinajstić information content (AvgIpc) is 2.42. The molecular formula is C15H11ClF2O. The zero-order chi connectivity index (χ0) is 14.0. The minimum atomic E-state index is -1.09. The Morgan fingerprint density at radius 2 is 1.68 bits per heavy atom. The highest BCUT2D eigenvalue weighted by molar-refractivity contribution is 6.35. The normalized spacial score (nSPS) is 10.5. The molecule has 2 aromatic carbocycles. The van der Waals surface area contributed by atoms with Gasteiger partial charge in [0, 0.05) is 11.1 Å². The topological polar surface area (TPSA) is 17.1 Å². The van der Waals surface area contributed by atoms with Crippen LogP contribution in [-0.4, -0.2) is 5.78 Å². The Bertz CT molecular complexity index is 621. The predicted octanol–water partition coefficient (Wildman–Crippen LogP) is 4.41. The number of carbonyl (C=O) groups is 1. The Morgan fingerprint density at radius 1 is 1.11 bits per heavy atom. The van der Waals surface area contributed by atoms with Gasteiger partial charge in [-0.3, -0.25) is 4.79 Å². The molecule has 0 fully saturated rings. The van der Waals surface area contributed by atoms with Crippen molar-refractivity contribution in [3.05, 3.63) is 69.7 Å². The van der Waals surface area contributed by atoms with Crippen LogP contribution in [0.1, 0.15) is 28.4 Å². The van der Waals surface area contributed by atoms with Crippen LogP contribution in [0.3, 0.4) is 0 Å². The molecule has 1 nitrogen and oxygen atoms in total. The van der Waals surface area contributed by atoms with Crippen molar-refractivity contribution in [2.45, 2.75) is 13.3 Å². The summed E-state index contributed by atoms with van der Waals surface area (Å²) in [5, 5.41) is -0.0940. The van der Waals surface area contributed by atoms with Gasteiger partial charge in [-0.05, 0) is 24.1 Å². The molecule has 0 unspecified atom stereocenters. The molecule has 0 aliphatic rings. The van der Waals surface area contributed by atoms with Crippen molar-refractivity contribution in [3.63, 3.8) is 0 Å². The van der Waals surface area contributed by atoms with E-state index < -0.39 is 17.4 Å². The molecule has 2 aromatic rings. The number of hydrogen-bond donors (Lipinski definition) is 0. The minimum Gasteiger partial charge on any atom is -0.289 e. The molecule has 0 N–H and O–H groups in total. The highest BCUT2D eigenvalue weighted by atomic mass is 35.5. The van der Waals surface area contributed by atoms with Gasteiger partial charge in [0.25, 0.3) is 0 Å². The van der Waals surface area contributed by atoms with E-state index in [9.17, 15) is 13.6 Å². The Kier molecular flexibility index (Phi) is 3.96. The van der Waals surface area contributed by atoms with Crippen molar-refractivity contribution >= 4 is 17.4 Å². The first-order valence-electron chi connectivity index (χ1n) is 5.81. The van der Waals surface area contributed by atoms with E-state index in [1.54, 1.807) is 12.1 Å². The zero-order valence-electron chi connectivity index (χ0n) is 10.2. The second-order valence-electron chi connectivity index (χ2n) is 4.13. The van der Waals surface area contributed by atoms with Gasteiger partial charge in [0.05, 0.1) is 5.02 Å². The summed E-state index contributed by atoms with van der Waals surface area (Å²) in [6, 6.07) is 8.58. The highest BCUT2D eigenvalue weighted by Crippen LogP contribution is 2.23. The Morgan fingerprint density at radius 3 is 2.26 bits per heavy atom. The van der Waals surface area contributed by atoms with Crippen molar-refractivity contribution in [2.24, 2.45) is 0 Å². The van der Waals surface area contributed by atoms with E-state index in [4.69, 9.17) is 11.6 Å². The van der Waals surface area contributed by atoms with Crippen molar-refractivity contribution < 1.29 is 13.6 Å². The molecule has 0 amide bonds. The van der Waals surface area contributed by atoms with Gasteiger partial charge in [0.1, 0.15) is 0 Å². The number of halogens is 3. The van der Waals surface area contributed by atoms with E-state index in [1.165, 1.54) is 0 Å². The Hall–Kier alpha value is -1.74. The maximum absolute atomic E-state index is 13.2. The van der Waals surface area contributed by atoms with E-state index in [0.717, 1.165) is 24.1 Å². The lowest BCUT2D eigenvalue weighted by Gasteiger charge is -2.05. The fourth-order valence-corrected chi connectivity index (χ4v) is 1.98. The molecule has 0 aromatic heterocycles. The van der Waals surface area contributed by atoms with Crippen LogP contribution in [-0.2, 0) is 6.42 Å². The van der Waals surface area contributed by atoms with Gasteiger partial charge < -0.3 is 0 Å². The van der Waals surface area contributed by atoms with Gasteiger partial charge in [0.15, 0.2) is 17.4 Å². The van der Waals surface area contributed by atoms with Crippen LogP contribution in [0.5, 0.6) is 0 Å². The number of rotatable bonds is 3. The lowest BCUT2D eigenvalue weighted by molar-refractivity contribution is 0.103. The summed E-state index contributed by atoms with van der Waals surface area (Å²) >= 11 is 5.78. The molecular weight excluding hydrogens is 270 g/mol. The van der Waals surface area contributed by atoms with Crippen LogP contribution in [0.25, 0.3) is 0 Å². The van der Waals surface area contributed by atoms with Crippen LogP contribution in [0.15, 0.2) is 36.4 Å². The standard InChI is InChI=1S/C15H11ClF2O/c1-2-9-3-5-10(6-4-9)15(19)11-7-13(17)14(18)8-12(11)16/h3-8H,2H2,1H3. The fourth-order valence-electron chi connectivity index (χ4n) is 1.74. The second kappa shape index (κ2) is 5.49. The summed E-state index contributed by atoms with van der Waals surface area (Å²) in [4.78, 5) is 12.2. The molecule has 0 bridgehead atoms. The van der Waals surface area contributed by atoms with E-state index in [-0.39, 0.29) is 10.6 Å². The van der Waals surface area contributed by atoms with Gasteiger partial charge in [-0.2, -0.15) is 0 Å². The first-order chi connectivity index (χ1) is 9.02. The monoisotopic (exact) mass is 280 g/mol. The highest BCUT2D eigenvalue weighted by Gasteiger charge is 2.16. The van der Waals surface area contributed by atoms with Crippen LogP contribution in [0.4, 0.5) is 8.78 Å². The lowest BCUT2D eigenvalue weighted by Crippen LogP contribution is -2.04. The van der Waals surface area contributed by atoms with Gasteiger partial charge in [-0.25, -0.2) is 8.78 Å². The first kappa shape index (κ1) is 13.7. The lowest BCUT2D eigenvalue weighted by atomic mass is 10.0. The van der Waals surface area contributed by atoms with Crippen LogP contribution >= 0.6 is 11.6 Å². The number of benzene rings is 2. The van der Waals surface area contributed by atoms with Crippen LogP contribution < -0.4 is 0 Å². The summed E-state index contributed by atoms with van der Waals surface area (Å²) in [5.74, 6) is -2.58. The molecule has 0 saturated carbocycles. The van der Waals surface area contributed by atoms with Crippen molar-refractivity contribution in [3.8, 4) is 0 Å². The molecule has 19 heavy (non-hydrogen) atoms. The maximum Gasteiger partial charge on any atom is 0.194 e. The number of ketones is 1. The Balaban J connectivity index is 2.40. The molecule has 0 atom stereocenters. The predicted molar refractivity (Wildman–Crippen MR) is 70.6 cm³/mol. The third kappa shape index (κ3) is 2.82. The SMILES string of the molecule is CCc1ccc(C(=O)c2cc(F)c(F)cc2Cl)cc1. The van der Waals surface area contributed by atoms with Crippen LogP contribution in [0.2, 0.25) is 5.02 Å². The molecule has 0 saturated heterocycles. The quantitative estimate of drug-likeness (QED) is 0.601. The zero-order valence-corrected chi connectivity index (χ0v) is 11.0. The van der Waals surface area contributed by atoms with Gasteiger partial charge in [-0.1, -0.05) is 42.8 Å². The maximum atomic E-state index is 13.2. The number of carbonyl (C=O) groups excluding carboxylic acids is 1. The molecule has 0 radical (unpaired) electrons. The number of aryl methyl sites for hydroxylation is 1. The minimum absolute atomic E-state index is 0.0372. The van der Waals surface area contributed by atoms with Gasteiger partial charge in [0.2, 0.25) is 0 Å². The average molecular weight is 281 g/mol. The van der Waals surface area contributed by atoms with Gasteiger partial charge >= 0.3 is 0 Å². The van der Waals surface area contributed by atoms with Gasteiger partial charge in [-0.15, -0.1) is 0 Å². The van der Waals surface area contributed by atoms with E-state index in [2.05, 4.69) is 0 Å². The molecule has 4 heteroatoms. The summed E-state index contributed by atoms with van der Waals surface area (Å²) in [7, 11) is 0. The summed E-state index contributed by atoms with van der Waals surface area (Å²) < 4.78 is 26.1. The molecule has 0 aliphatic heterocycles. The van der Waals surface area contributed by atoms with E-state index >= 15 is 0 Å². The first-order valence-corrected chi connectivity index (χ1v) is 6.19. The van der Waals surface area contributed by atoms with Crippen molar-refractivity contribution in [2.75, 3.05) is 0 Å². The third-order valence-electron chi connectivity index (χ3n) is 2.88. The third-order valence-corrected chi connectivity index (χ3v) is 3.19. The van der Waals surface area contributed by atoms with Crippen molar-refractivity contribution in [1.29, 1.82) is 0 Å². The fraction of sp³-hybridized carbons (Fsp3) is 0.133. The summed E-state index contributed by atoms with van der Waals surface area (Å²) in [5.41, 5.74) is 1.45. The molecule has 0 aliphatic carbocycles. The molecule has 0 spiro atoms. The van der Waals surface area contributed by atoms with Crippen LogP contribution in [0, 0.1) is 11.6 Å². The molecule has 2 rings (SSSR count). The van der Waals surface area contributed by atoms with E-state index in [0.29, 0.717) is 5.56 Å².